The van der Waals surface area contributed by atoms with Crippen LogP contribution in [-0.2, 0) is 11.3 Å². The van der Waals surface area contributed by atoms with Gasteiger partial charge < -0.3 is 9.26 Å². The Morgan fingerprint density at radius 3 is 2.88 bits per heavy atom. The Hall–Kier alpha value is -0.940. The van der Waals surface area contributed by atoms with Crippen LogP contribution in [0.15, 0.2) is 4.52 Å². The van der Waals surface area contributed by atoms with Gasteiger partial charge in [-0.15, -0.1) is 0 Å². The maximum atomic E-state index is 5.28. The van der Waals surface area contributed by atoms with Crippen molar-refractivity contribution >= 4 is 0 Å². The van der Waals surface area contributed by atoms with Gasteiger partial charge in [0.25, 0.3) is 0 Å². The molecule has 5 nitrogen and oxygen atoms in total. The largest absolute Gasteiger partial charge is 0.377 e. The molecule has 2 heterocycles. The van der Waals surface area contributed by atoms with Crippen molar-refractivity contribution in [1.82, 2.24) is 15.0 Å². The van der Waals surface area contributed by atoms with Crippen molar-refractivity contribution in [3.05, 3.63) is 11.7 Å². The van der Waals surface area contributed by atoms with Crippen molar-refractivity contribution < 1.29 is 9.26 Å². The first-order chi connectivity index (χ1) is 8.02. The summed E-state index contributed by atoms with van der Waals surface area (Å²) in [6.07, 6.45) is 1.22. The molecule has 1 saturated heterocycles. The fourth-order valence-corrected chi connectivity index (χ4v) is 2.27. The van der Waals surface area contributed by atoms with E-state index < -0.39 is 0 Å². The molecule has 0 saturated carbocycles. The zero-order valence-electron chi connectivity index (χ0n) is 11.1. The highest BCUT2D eigenvalue weighted by molar-refractivity contribution is 4.95. The van der Waals surface area contributed by atoms with Crippen LogP contribution in [0.4, 0.5) is 0 Å². The van der Waals surface area contributed by atoms with Crippen LogP contribution in [0, 0.1) is 5.41 Å². The van der Waals surface area contributed by atoms with E-state index in [1.165, 1.54) is 6.42 Å². The van der Waals surface area contributed by atoms with Gasteiger partial charge in [0.1, 0.15) is 6.61 Å². The first-order valence-corrected chi connectivity index (χ1v) is 6.07. The van der Waals surface area contributed by atoms with E-state index in [1.54, 1.807) is 7.11 Å². The maximum Gasteiger partial charge on any atom is 0.243 e. The number of aromatic nitrogens is 2. The normalized spacial score (nSPS) is 21.9. The molecule has 0 bridgehead atoms. The SMILES string of the molecule is COCc1noc([C@H](C)N2CCC(C)(C)C2)n1. The molecule has 1 atom stereocenters. The Morgan fingerprint density at radius 2 is 2.29 bits per heavy atom. The fourth-order valence-electron chi connectivity index (χ4n) is 2.27. The lowest BCUT2D eigenvalue weighted by atomic mass is 9.93. The van der Waals surface area contributed by atoms with Gasteiger partial charge in [-0.1, -0.05) is 19.0 Å². The van der Waals surface area contributed by atoms with Crippen molar-refractivity contribution in [3.63, 3.8) is 0 Å². The van der Waals surface area contributed by atoms with Crippen molar-refractivity contribution in [2.24, 2.45) is 5.41 Å². The minimum atomic E-state index is 0.190. The highest BCUT2D eigenvalue weighted by Gasteiger charge is 2.34. The molecule has 0 aromatic carbocycles. The van der Waals surface area contributed by atoms with Crippen LogP contribution in [0.25, 0.3) is 0 Å². The summed E-state index contributed by atoms with van der Waals surface area (Å²) in [6, 6.07) is 0.190. The standard InChI is InChI=1S/C12H21N3O2/c1-9(15-6-5-12(2,3)8-15)11-13-10(7-16-4)14-17-11/h9H,5-8H2,1-4H3/t9-/m0/s1. The van der Waals surface area contributed by atoms with E-state index in [4.69, 9.17) is 9.26 Å². The minimum Gasteiger partial charge on any atom is -0.377 e. The van der Waals surface area contributed by atoms with Crippen molar-refractivity contribution in [2.75, 3.05) is 20.2 Å². The summed E-state index contributed by atoms with van der Waals surface area (Å²) in [4.78, 5) is 6.74. The zero-order chi connectivity index (χ0) is 12.5. The Kier molecular flexibility index (Phi) is 3.49. The van der Waals surface area contributed by atoms with E-state index in [0.29, 0.717) is 23.7 Å². The van der Waals surface area contributed by atoms with E-state index in [2.05, 4.69) is 35.8 Å². The molecule has 1 aromatic rings. The van der Waals surface area contributed by atoms with Gasteiger partial charge in [-0.3, -0.25) is 4.90 Å². The van der Waals surface area contributed by atoms with Crippen molar-refractivity contribution in [2.45, 2.75) is 39.8 Å². The van der Waals surface area contributed by atoms with Crippen LogP contribution < -0.4 is 0 Å². The number of likely N-dealkylation sites (tertiary alicyclic amines) is 1. The summed E-state index contributed by atoms with van der Waals surface area (Å²) < 4.78 is 10.3. The highest BCUT2D eigenvalue weighted by Crippen LogP contribution is 2.33. The molecule has 17 heavy (non-hydrogen) atoms. The molecule has 2 rings (SSSR count). The summed E-state index contributed by atoms with van der Waals surface area (Å²) >= 11 is 0. The number of hydrogen-bond acceptors (Lipinski definition) is 5. The number of ether oxygens (including phenoxy) is 1. The quantitative estimate of drug-likeness (QED) is 0.804. The van der Waals surface area contributed by atoms with Crippen LogP contribution in [-0.4, -0.2) is 35.2 Å². The smallest absolute Gasteiger partial charge is 0.243 e. The molecule has 0 amide bonds. The van der Waals surface area contributed by atoms with Crippen LogP contribution >= 0.6 is 0 Å². The second-order valence-corrected chi connectivity index (χ2v) is 5.54. The first kappa shape index (κ1) is 12.5. The van der Waals surface area contributed by atoms with Crippen LogP contribution in [0.5, 0.6) is 0 Å². The predicted molar refractivity (Wildman–Crippen MR) is 63.4 cm³/mol. The second kappa shape index (κ2) is 4.74. The number of hydrogen-bond donors (Lipinski definition) is 0. The lowest BCUT2D eigenvalue weighted by Gasteiger charge is -2.23. The van der Waals surface area contributed by atoms with E-state index >= 15 is 0 Å². The molecule has 1 aliphatic heterocycles. The van der Waals surface area contributed by atoms with Crippen molar-refractivity contribution in [1.29, 1.82) is 0 Å². The minimum absolute atomic E-state index is 0.190. The van der Waals surface area contributed by atoms with E-state index in [0.717, 1.165) is 13.1 Å². The molecule has 96 valence electrons. The number of nitrogens with zero attached hydrogens (tertiary/aromatic N) is 3. The third-order valence-electron chi connectivity index (χ3n) is 3.37. The molecule has 0 spiro atoms. The molecule has 1 aliphatic rings. The molecular formula is C12H21N3O2. The van der Waals surface area contributed by atoms with Gasteiger partial charge in [0, 0.05) is 13.7 Å². The summed E-state index contributed by atoms with van der Waals surface area (Å²) in [7, 11) is 1.63. The topological polar surface area (TPSA) is 51.4 Å². The summed E-state index contributed by atoms with van der Waals surface area (Å²) in [5.41, 5.74) is 0.393. The summed E-state index contributed by atoms with van der Waals surface area (Å²) in [6.45, 7) is 9.29. The van der Waals surface area contributed by atoms with Gasteiger partial charge >= 0.3 is 0 Å². The van der Waals surface area contributed by atoms with E-state index in [-0.39, 0.29) is 6.04 Å². The van der Waals surface area contributed by atoms with Gasteiger partial charge in [-0.2, -0.15) is 4.98 Å². The van der Waals surface area contributed by atoms with Crippen LogP contribution in [0.3, 0.4) is 0 Å². The molecule has 0 unspecified atom stereocenters. The lowest BCUT2D eigenvalue weighted by molar-refractivity contribution is 0.173. The predicted octanol–water partition coefficient (Wildman–Crippen LogP) is 2.01. The van der Waals surface area contributed by atoms with E-state index in [9.17, 15) is 0 Å². The van der Waals surface area contributed by atoms with Gasteiger partial charge in [0.15, 0.2) is 5.82 Å². The van der Waals surface area contributed by atoms with Gasteiger partial charge in [0.05, 0.1) is 6.04 Å². The van der Waals surface area contributed by atoms with Gasteiger partial charge in [-0.05, 0) is 25.3 Å². The Balaban J connectivity index is 2.01. The molecule has 0 radical (unpaired) electrons. The summed E-state index contributed by atoms with van der Waals surface area (Å²) in [5, 5.41) is 3.90. The zero-order valence-corrected chi connectivity index (χ0v) is 11.1. The van der Waals surface area contributed by atoms with Gasteiger partial charge in [0.2, 0.25) is 5.89 Å². The lowest BCUT2D eigenvalue weighted by Crippen LogP contribution is -2.26. The molecule has 1 aromatic heterocycles. The maximum absolute atomic E-state index is 5.28. The number of methoxy groups -OCH3 is 1. The Bertz CT molecular complexity index is 376. The number of rotatable bonds is 4. The second-order valence-electron chi connectivity index (χ2n) is 5.54. The fraction of sp³-hybridized carbons (Fsp3) is 0.833. The molecular weight excluding hydrogens is 218 g/mol. The molecule has 0 N–H and O–H groups in total. The third-order valence-corrected chi connectivity index (χ3v) is 3.37. The first-order valence-electron chi connectivity index (χ1n) is 6.07. The third kappa shape index (κ3) is 2.84. The summed E-state index contributed by atoms with van der Waals surface area (Å²) in [5.74, 6) is 1.31. The Morgan fingerprint density at radius 1 is 1.53 bits per heavy atom. The average molecular weight is 239 g/mol. The van der Waals surface area contributed by atoms with E-state index in [1.807, 2.05) is 0 Å². The average Bonchev–Trinajstić information content (AvgIpc) is 2.85. The van der Waals surface area contributed by atoms with Gasteiger partial charge in [-0.25, -0.2) is 0 Å². The molecule has 5 heteroatoms. The van der Waals surface area contributed by atoms with Crippen molar-refractivity contribution in [3.8, 4) is 0 Å². The highest BCUT2D eigenvalue weighted by atomic mass is 16.5. The molecule has 0 aliphatic carbocycles. The Labute approximate surface area is 102 Å². The molecule has 1 fully saturated rings. The van der Waals surface area contributed by atoms with Crippen LogP contribution in [0.2, 0.25) is 0 Å². The monoisotopic (exact) mass is 239 g/mol. The van der Waals surface area contributed by atoms with Crippen LogP contribution in [0.1, 0.15) is 44.9 Å².